The van der Waals surface area contributed by atoms with Crippen molar-refractivity contribution in [2.24, 2.45) is 0 Å². The van der Waals surface area contributed by atoms with Gasteiger partial charge in [0.1, 0.15) is 5.54 Å². The van der Waals surface area contributed by atoms with E-state index in [0.29, 0.717) is 22.9 Å². The number of nitrogens with one attached hydrogen (secondary N) is 1. The van der Waals surface area contributed by atoms with Crippen molar-refractivity contribution >= 4 is 27.8 Å². The van der Waals surface area contributed by atoms with Gasteiger partial charge < -0.3 is 10.4 Å². The molecule has 2 N–H and O–H groups in total. The molecule has 1 aromatic carbocycles. The van der Waals surface area contributed by atoms with E-state index in [4.69, 9.17) is 0 Å². The SMILES string of the molecule is CCCC(C)(NC(=O)c1cccc(C)c1Br)C(=O)O. The molecule has 0 spiro atoms. The van der Waals surface area contributed by atoms with Crippen LogP contribution in [0.25, 0.3) is 0 Å². The molecular formula is C14H18BrNO3. The Morgan fingerprint density at radius 2 is 2.05 bits per heavy atom. The van der Waals surface area contributed by atoms with Crippen LogP contribution in [0.4, 0.5) is 0 Å². The van der Waals surface area contributed by atoms with E-state index in [0.717, 1.165) is 5.56 Å². The van der Waals surface area contributed by atoms with Gasteiger partial charge in [-0.3, -0.25) is 4.79 Å². The molecule has 0 saturated heterocycles. The first-order valence-electron chi connectivity index (χ1n) is 6.13. The second-order valence-electron chi connectivity index (χ2n) is 4.78. The van der Waals surface area contributed by atoms with E-state index < -0.39 is 11.5 Å². The van der Waals surface area contributed by atoms with Crippen LogP contribution in [0, 0.1) is 6.92 Å². The highest BCUT2D eigenvalue weighted by Gasteiger charge is 2.34. The van der Waals surface area contributed by atoms with E-state index in [1.165, 1.54) is 6.92 Å². The second kappa shape index (κ2) is 6.19. The number of carboxylic acids is 1. The smallest absolute Gasteiger partial charge is 0.329 e. The van der Waals surface area contributed by atoms with E-state index >= 15 is 0 Å². The van der Waals surface area contributed by atoms with Gasteiger partial charge in [-0.15, -0.1) is 0 Å². The lowest BCUT2D eigenvalue weighted by Crippen LogP contribution is -2.52. The average Bonchev–Trinajstić information content (AvgIpc) is 2.32. The third kappa shape index (κ3) is 3.56. The largest absolute Gasteiger partial charge is 0.480 e. The standard InChI is InChI=1S/C14H18BrNO3/c1-4-8-14(3,13(18)19)16-12(17)10-7-5-6-9(2)11(10)15/h5-7H,4,8H2,1-3H3,(H,16,17)(H,18,19). The number of benzene rings is 1. The van der Waals surface area contributed by atoms with E-state index in [9.17, 15) is 14.7 Å². The van der Waals surface area contributed by atoms with Gasteiger partial charge in [-0.1, -0.05) is 25.5 Å². The normalized spacial score (nSPS) is 13.7. The van der Waals surface area contributed by atoms with Gasteiger partial charge in [0.05, 0.1) is 5.56 Å². The molecule has 1 rings (SSSR count). The number of rotatable bonds is 5. The summed E-state index contributed by atoms with van der Waals surface area (Å²) in [5.41, 5.74) is 0.137. The lowest BCUT2D eigenvalue weighted by molar-refractivity contribution is -0.144. The van der Waals surface area contributed by atoms with Crippen LogP contribution in [-0.2, 0) is 4.79 Å². The molecular weight excluding hydrogens is 310 g/mol. The molecule has 0 fully saturated rings. The zero-order valence-corrected chi connectivity index (χ0v) is 12.9. The minimum Gasteiger partial charge on any atom is -0.480 e. The van der Waals surface area contributed by atoms with Crippen LogP contribution in [0.2, 0.25) is 0 Å². The number of halogens is 1. The van der Waals surface area contributed by atoms with Crippen molar-refractivity contribution in [2.75, 3.05) is 0 Å². The number of aliphatic carboxylic acids is 1. The third-order valence-electron chi connectivity index (χ3n) is 3.05. The monoisotopic (exact) mass is 327 g/mol. The number of amides is 1. The molecule has 0 aliphatic rings. The van der Waals surface area contributed by atoms with Crippen molar-refractivity contribution in [1.29, 1.82) is 0 Å². The minimum atomic E-state index is -1.24. The van der Waals surface area contributed by atoms with Crippen molar-refractivity contribution in [2.45, 2.75) is 39.2 Å². The van der Waals surface area contributed by atoms with Crippen molar-refractivity contribution in [3.05, 3.63) is 33.8 Å². The predicted molar refractivity (Wildman–Crippen MR) is 77.3 cm³/mol. The molecule has 0 aliphatic carbocycles. The Morgan fingerprint density at radius 3 is 2.58 bits per heavy atom. The highest BCUT2D eigenvalue weighted by Crippen LogP contribution is 2.22. The summed E-state index contributed by atoms with van der Waals surface area (Å²) in [6.45, 7) is 5.29. The summed E-state index contributed by atoms with van der Waals surface area (Å²) in [5.74, 6) is -1.40. The maximum absolute atomic E-state index is 12.2. The molecule has 1 unspecified atom stereocenters. The quantitative estimate of drug-likeness (QED) is 0.873. The molecule has 0 radical (unpaired) electrons. The number of hydrogen-bond acceptors (Lipinski definition) is 2. The van der Waals surface area contributed by atoms with Crippen LogP contribution in [0.5, 0.6) is 0 Å². The zero-order valence-electron chi connectivity index (χ0n) is 11.3. The zero-order chi connectivity index (χ0) is 14.6. The van der Waals surface area contributed by atoms with Crippen LogP contribution in [0.3, 0.4) is 0 Å². The molecule has 0 saturated carbocycles. The minimum absolute atomic E-state index is 0.381. The van der Waals surface area contributed by atoms with E-state index in [-0.39, 0.29) is 5.91 Å². The maximum atomic E-state index is 12.2. The summed E-state index contributed by atoms with van der Waals surface area (Å²) in [6.07, 6.45) is 1.07. The Bertz CT molecular complexity index is 501. The third-order valence-corrected chi connectivity index (χ3v) is 4.10. The fourth-order valence-corrected chi connectivity index (χ4v) is 2.31. The highest BCUT2D eigenvalue weighted by atomic mass is 79.9. The van der Waals surface area contributed by atoms with Gasteiger partial charge in [0, 0.05) is 4.47 Å². The second-order valence-corrected chi connectivity index (χ2v) is 5.57. The maximum Gasteiger partial charge on any atom is 0.329 e. The summed E-state index contributed by atoms with van der Waals surface area (Å²) in [7, 11) is 0. The number of aryl methyl sites for hydroxylation is 1. The van der Waals surface area contributed by atoms with Gasteiger partial charge in [-0.25, -0.2) is 4.79 Å². The first-order valence-corrected chi connectivity index (χ1v) is 6.92. The van der Waals surface area contributed by atoms with Gasteiger partial charge >= 0.3 is 5.97 Å². The predicted octanol–water partition coefficient (Wildman–Crippen LogP) is 3.13. The van der Waals surface area contributed by atoms with E-state index in [2.05, 4.69) is 21.2 Å². The summed E-state index contributed by atoms with van der Waals surface area (Å²) < 4.78 is 0.691. The van der Waals surface area contributed by atoms with Gasteiger partial charge in [0.2, 0.25) is 0 Å². The Hall–Kier alpha value is -1.36. The summed E-state index contributed by atoms with van der Waals surface area (Å²) in [4.78, 5) is 23.5. The average molecular weight is 328 g/mol. The molecule has 104 valence electrons. The molecule has 1 amide bonds. The van der Waals surface area contributed by atoms with E-state index in [1.807, 2.05) is 19.9 Å². The number of carboxylic acid groups (broad SMARTS) is 1. The summed E-state index contributed by atoms with van der Waals surface area (Å²) in [5, 5.41) is 11.9. The van der Waals surface area contributed by atoms with Crippen molar-refractivity contribution < 1.29 is 14.7 Å². The highest BCUT2D eigenvalue weighted by molar-refractivity contribution is 9.10. The first kappa shape index (κ1) is 15.7. The lowest BCUT2D eigenvalue weighted by Gasteiger charge is -2.26. The van der Waals surface area contributed by atoms with E-state index in [1.54, 1.807) is 12.1 Å². The molecule has 4 nitrogen and oxygen atoms in total. The van der Waals surface area contributed by atoms with Crippen LogP contribution in [0.15, 0.2) is 22.7 Å². The van der Waals surface area contributed by atoms with Gasteiger partial charge in [-0.05, 0) is 47.8 Å². The van der Waals surface area contributed by atoms with Gasteiger partial charge in [-0.2, -0.15) is 0 Å². The first-order chi connectivity index (χ1) is 8.81. The number of hydrogen-bond donors (Lipinski definition) is 2. The molecule has 0 aromatic heterocycles. The van der Waals surface area contributed by atoms with Gasteiger partial charge in [0.25, 0.3) is 5.91 Å². The fourth-order valence-electron chi connectivity index (χ4n) is 1.86. The number of carbonyl (C=O) groups is 2. The van der Waals surface area contributed by atoms with Crippen molar-refractivity contribution in [3.8, 4) is 0 Å². The van der Waals surface area contributed by atoms with Crippen molar-refractivity contribution in [3.63, 3.8) is 0 Å². The molecule has 5 heteroatoms. The lowest BCUT2D eigenvalue weighted by atomic mass is 9.95. The summed E-state index contributed by atoms with van der Waals surface area (Å²) in [6, 6.07) is 5.32. The van der Waals surface area contributed by atoms with Crippen molar-refractivity contribution in [1.82, 2.24) is 5.32 Å². The molecule has 0 bridgehead atoms. The Morgan fingerprint density at radius 1 is 1.42 bits per heavy atom. The Balaban J connectivity index is 3.01. The molecule has 0 aliphatic heterocycles. The molecule has 0 heterocycles. The molecule has 1 atom stereocenters. The summed E-state index contributed by atoms with van der Waals surface area (Å²) >= 11 is 3.36. The van der Waals surface area contributed by atoms with Crippen LogP contribution >= 0.6 is 15.9 Å². The van der Waals surface area contributed by atoms with Crippen LogP contribution in [0.1, 0.15) is 42.6 Å². The molecule has 1 aromatic rings. The van der Waals surface area contributed by atoms with Gasteiger partial charge in [0.15, 0.2) is 0 Å². The number of carbonyl (C=O) groups excluding carboxylic acids is 1. The Labute approximate surface area is 121 Å². The fraction of sp³-hybridized carbons (Fsp3) is 0.429. The topological polar surface area (TPSA) is 66.4 Å². The molecule has 19 heavy (non-hydrogen) atoms. The van der Waals surface area contributed by atoms with Crippen LogP contribution < -0.4 is 5.32 Å². The van der Waals surface area contributed by atoms with Crippen LogP contribution in [-0.4, -0.2) is 22.5 Å². The Kier molecular flexibility index (Phi) is 5.11.